The fraction of sp³-hybridized carbons (Fsp3) is 0.483. The number of carbonyl (C=O) groups is 3. The summed E-state index contributed by atoms with van der Waals surface area (Å²) in [5, 5.41) is 0.478. The summed E-state index contributed by atoms with van der Waals surface area (Å²) in [6, 6.07) is 13.3. The van der Waals surface area contributed by atoms with E-state index in [2.05, 4.69) is 0 Å². The Labute approximate surface area is 236 Å². The first-order chi connectivity index (χ1) is 18.0. The van der Waals surface area contributed by atoms with Crippen LogP contribution < -0.4 is 9.64 Å². The fourth-order valence-electron chi connectivity index (χ4n) is 3.53. The van der Waals surface area contributed by atoms with Gasteiger partial charge in [-0.05, 0) is 83.9 Å². The molecule has 0 radical (unpaired) electrons. The fourth-order valence-corrected chi connectivity index (χ4v) is 3.72. The van der Waals surface area contributed by atoms with E-state index in [0.717, 1.165) is 5.56 Å². The van der Waals surface area contributed by atoms with Crippen LogP contribution in [0.1, 0.15) is 59.6 Å². The highest BCUT2D eigenvalue weighted by molar-refractivity contribution is 6.30. The number of amides is 3. The Morgan fingerprint density at radius 1 is 0.821 bits per heavy atom. The Balaban J connectivity index is 2.40. The number of carbonyl (C=O) groups excluding carboxylic acids is 3. The Hall–Kier alpha value is -3.46. The van der Waals surface area contributed by atoms with Crippen LogP contribution in [0.5, 0.6) is 5.75 Å². The Morgan fingerprint density at radius 2 is 1.38 bits per heavy atom. The van der Waals surface area contributed by atoms with Gasteiger partial charge in [-0.25, -0.2) is 14.4 Å². The SMILES string of the molecule is CN(C)C(=O)Oc1ccc(C(CCN(C(=O)OC(C)(C)C)c2cccc(Cl)c2)N(C)C(=O)OC(C)(C)C)cc1. The second-order valence-corrected chi connectivity index (χ2v) is 11.8. The van der Waals surface area contributed by atoms with Crippen LogP contribution in [0.2, 0.25) is 5.02 Å². The van der Waals surface area contributed by atoms with Crippen molar-refractivity contribution < 1.29 is 28.6 Å². The molecular formula is C29H40ClN3O6. The minimum Gasteiger partial charge on any atom is -0.444 e. The first-order valence-corrected chi connectivity index (χ1v) is 13.1. The molecule has 2 rings (SSSR count). The van der Waals surface area contributed by atoms with E-state index in [4.69, 9.17) is 25.8 Å². The standard InChI is InChI=1S/C29H40ClN3O6/c1-28(2,3)38-26(35)32(9)24(20-13-15-23(16-14-20)37-25(34)31(7)8)17-18-33(27(36)39-29(4,5)6)22-12-10-11-21(30)19-22/h10-16,19,24H,17-18H2,1-9H3. The number of hydrogen-bond acceptors (Lipinski definition) is 6. The molecule has 39 heavy (non-hydrogen) atoms. The number of hydrogen-bond donors (Lipinski definition) is 0. The molecule has 1 atom stereocenters. The van der Waals surface area contributed by atoms with Crippen LogP contribution >= 0.6 is 11.6 Å². The van der Waals surface area contributed by atoms with Gasteiger partial charge < -0.3 is 24.0 Å². The van der Waals surface area contributed by atoms with Gasteiger partial charge in [-0.1, -0.05) is 29.8 Å². The molecule has 3 amide bonds. The minimum atomic E-state index is -0.708. The maximum atomic E-state index is 13.2. The highest BCUT2D eigenvalue weighted by Crippen LogP contribution is 2.30. The average Bonchev–Trinajstić information content (AvgIpc) is 2.80. The van der Waals surface area contributed by atoms with Gasteiger partial charge in [-0.3, -0.25) is 4.90 Å². The van der Waals surface area contributed by atoms with Crippen molar-refractivity contribution in [2.75, 3.05) is 32.6 Å². The smallest absolute Gasteiger partial charge is 0.414 e. The van der Waals surface area contributed by atoms with E-state index in [1.807, 2.05) is 0 Å². The highest BCUT2D eigenvalue weighted by Gasteiger charge is 2.29. The molecule has 0 saturated heterocycles. The molecule has 0 aromatic heterocycles. The van der Waals surface area contributed by atoms with Crippen molar-refractivity contribution in [1.82, 2.24) is 9.80 Å². The average molecular weight is 562 g/mol. The van der Waals surface area contributed by atoms with Crippen LogP contribution in [-0.4, -0.2) is 67.0 Å². The van der Waals surface area contributed by atoms with Crippen molar-refractivity contribution in [3.8, 4) is 5.75 Å². The number of anilines is 1. The molecule has 0 aliphatic heterocycles. The summed E-state index contributed by atoms with van der Waals surface area (Å²) in [7, 11) is 4.84. The van der Waals surface area contributed by atoms with Crippen molar-refractivity contribution in [3.05, 3.63) is 59.1 Å². The maximum Gasteiger partial charge on any atom is 0.414 e. The number of nitrogens with zero attached hydrogens (tertiary/aromatic N) is 3. The van der Waals surface area contributed by atoms with Crippen LogP contribution in [-0.2, 0) is 9.47 Å². The summed E-state index contributed by atoms with van der Waals surface area (Å²) < 4.78 is 16.6. The van der Waals surface area contributed by atoms with E-state index >= 15 is 0 Å². The predicted octanol–water partition coefficient (Wildman–Crippen LogP) is 7.14. The normalized spacial score (nSPS) is 12.3. The molecule has 2 aromatic rings. The zero-order valence-electron chi connectivity index (χ0n) is 24.3. The first-order valence-electron chi connectivity index (χ1n) is 12.7. The van der Waals surface area contributed by atoms with Gasteiger partial charge in [0.25, 0.3) is 0 Å². The molecule has 214 valence electrons. The number of ether oxygens (including phenoxy) is 3. The Kier molecular flexibility index (Phi) is 10.6. The molecule has 0 saturated carbocycles. The van der Waals surface area contributed by atoms with Gasteiger partial charge in [-0.2, -0.15) is 0 Å². The van der Waals surface area contributed by atoms with Crippen LogP contribution in [0.3, 0.4) is 0 Å². The summed E-state index contributed by atoms with van der Waals surface area (Å²) >= 11 is 6.22. The minimum absolute atomic E-state index is 0.213. The van der Waals surface area contributed by atoms with Gasteiger partial charge in [0.1, 0.15) is 17.0 Å². The van der Waals surface area contributed by atoms with Crippen molar-refractivity contribution in [2.45, 2.75) is 65.2 Å². The maximum absolute atomic E-state index is 13.2. The van der Waals surface area contributed by atoms with Gasteiger partial charge in [0.15, 0.2) is 0 Å². The van der Waals surface area contributed by atoms with Gasteiger partial charge in [0.05, 0.1) is 6.04 Å². The van der Waals surface area contributed by atoms with E-state index in [0.29, 0.717) is 22.9 Å². The van der Waals surface area contributed by atoms with Crippen LogP contribution in [0.25, 0.3) is 0 Å². The van der Waals surface area contributed by atoms with Gasteiger partial charge in [-0.15, -0.1) is 0 Å². The zero-order chi connectivity index (χ0) is 29.5. The summed E-state index contributed by atoms with van der Waals surface area (Å²) in [5.41, 5.74) is -0.0613. The molecule has 0 N–H and O–H groups in total. The monoisotopic (exact) mass is 561 g/mol. The molecule has 9 nitrogen and oxygen atoms in total. The van der Waals surface area contributed by atoms with E-state index in [-0.39, 0.29) is 6.54 Å². The molecule has 10 heteroatoms. The Morgan fingerprint density at radius 3 is 1.90 bits per heavy atom. The second kappa shape index (κ2) is 13.1. The predicted molar refractivity (Wildman–Crippen MR) is 153 cm³/mol. The lowest BCUT2D eigenvalue weighted by Crippen LogP contribution is -2.41. The first kappa shape index (κ1) is 31.8. The third-order valence-corrected chi connectivity index (χ3v) is 5.58. The molecule has 1 unspecified atom stereocenters. The number of halogens is 1. The van der Waals surface area contributed by atoms with E-state index in [1.165, 1.54) is 14.7 Å². The van der Waals surface area contributed by atoms with Crippen LogP contribution in [0.15, 0.2) is 48.5 Å². The summed E-state index contributed by atoms with van der Waals surface area (Å²) in [4.78, 5) is 42.5. The number of rotatable bonds is 7. The molecule has 0 aliphatic carbocycles. The molecule has 0 aliphatic rings. The zero-order valence-corrected chi connectivity index (χ0v) is 25.0. The topological polar surface area (TPSA) is 88.6 Å². The second-order valence-electron chi connectivity index (χ2n) is 11.3. The van der Waals surface area contributed by atoms with Gasteiger partial charge in [0.2, 0.25) is 0 Å². The molecule has 0 heterocycles. The van der Waals surface area contributed by atoms with Crippen molar-refractivity contribution in [2.24, 2.45) is 0 Å². The summed E-state index contributed by atoms with van der Waals surface area (Å²) in [6.45, 7) is 11.0. The van der Waals surface area contributed by atoms with Crippen molar-refractivity contribution in [1.29, 1.82) is 0 Å². The quantitative estimate of drug-likeness (QED) is 0.357. The lowest BCUT2D eigenvalue weighted by molar-refractivity contribution is 0.0213. The van der Waals surface area contributed by atoms with Crippen molar-refractivity contribution in [3.63, 3.8) is 0 Å². The summed E-state index contributed by atoms with van der Waals surface area (Å²) in [6.07, 6.45) is -1.20. The third kappa shape index (κ3) is 10.3. The lowest BCUT2D eigenvalue weighted by atomic mass is 10.0. The lowest BCUT2D eigenvalue weighted by Gasteiger charge is -2.33. The van der Waals surface area contributed by atoms with Gasteiger partial charge in [0, 0.05) is 38.4 Å². The molecule has 0 spiro atoms. The molecule has 2 aromatic carbocycles. The van der Waals surface area contributed by atoms with Crippen molar-refractivity contribution >= 4 is 35.6 Å². The van der Waals surface area contributed by atoms with Crippen LogP contribution in [0, 0.1) is 0 Å². The molecular weight excluding hydrogens is 522 g/mol. The third-order valence-electron chi connectivity index (χ3n) is 5.34. The Bertz CT molecular complexity index is 1140. The van der Waals surface area contributed by atoms with E-state index < -0.39 is 35.5 Å². The number of benzene rings is 2. The van der Waals surface area contributed by atoms with E-state index in [1.54, 1.807) is 111 Å². The largest absolute Gasteiger partial charge is 0.444 e. The molecule has 0 fully saturated rings. The molecule has 0 bridgehead atoms. The highest BCUT2D eigenvalue weighted by atomic mass is 35.5. The summed E-state index contributed by atoms with van der Waals surface area (Å²) in [5.74, 6) is 0.366. The van der Waals surface area contributed by atoms with Crippen LogP contribution in [0.4, 0.5) is 20.1 Å². The van der Waals surface area contributed by atoms with Gasteiger partial charge >= 0.3 is 18.3 Å². The van der Waals surface area contributed by atoms with E-state index in [9.17, 15) is 14.4 Å².